The van der Waals surface area contributed by atoms with Crippen LogP contribution in [0.3, 0.4) is 0 Å². The number of nitrogens with zero attached hydrogens (tertiary/aromatic N) is 1. The predicted molar refractivity (Wildman–Crippen MR) is 56.8 cm³/mol. The van der Waals surface area contributed by atoms with Crippen LogP contribution in [-0.2, 0) is 17.6 Å². The fourth-order valence-corrected chi connectivity index (χ4v) is 1.64. The summed E-state index contributed by atoms with van der Waals surface area (Å²) in [6.07, 6.45) is -2.54. The maximum Gasteiger partial charge on any atom is 0.307 e. The lowest BCUT2D eigenvalue weighted by molar-refractivity contribution is -0.136. The van der Waals surface area contributed by atoms with Gasteiger partial charge < -0.3 is 5.11 Å². The molecule has 0 atom stereocenters. The van der Waals surface area contributed by atoms with Gasteiger partial charge in [0.15, 0.2) is 0 Å². The number of hydrogen-bond acceptors (Lipinski definition) is 2. The van der Waals surface area contributed by atoms with Gasteiger partial charge in [-0.05, 0) is 29.7 Å². The lowest BCUT2D eigenvalue weighted by Crippen LogP contribution is -2.05. The molecule has 1 aromatic rings. The van der Waals surface area contributed by atoms with E-state index in [1.54, 1.807) is 13.0 Å². The molecule has 17 heavy (non-hydrogen) atoms. The molecule has 5 heteroatoms. The average molecular weight is 239 g/mol. The summed E-state index contributed by atoms with van der Waals surface area (Å²) in [5.41, 5.74) is 0.467. The van der Waals surface area contributed by atoms with E-state index in [0.717, 1.165) is 0 Å². The Morgan fingerprint density at radius 2 is 2.12 bits per heavy atom. The minimum Gasteiger partial charge on any atom is -0.481 e. The Bertz CT molecular complexity index is 478. The summed E-state index contributed by atoms with van der Waals surface area (Å²) in [6, 6.07) is 4.14. The highest BCUT2D eigenvalue weighted by atomic mass is 19.3. The van der Waals surface area contributed by atoms with Crippen LogP contribution < -0.4 is 0 Å². The molecule has 0 spiro atoms. The zero-order valence-corrected chi connectivity index (χ0v) is 9.20. The van der Waals surface area contributed by atoms with Crippen molar-refractivity contribution in [3.63, 3.8) is 0 Å². The van der Waals surface area contributed by atoms with Crippen LogP contribution in [0.2, 0.25) is 0 Å². The zero-order chi connectivity index (χ0) is 13.0. The van der Waals surface area contributed by atoms with Gasteiger partial charge >= 0.3 is 5.97 Å². The van der Waals surface area contributed by atoms with E-state index in [9.17, 15) is 13.6 Å². The van der Waals surface area contributed by atoms with Crippen molar-refractivity contribution in [1.29, 1.82) is 5.26 Å². The number of nitriles is 1. The van der Waals surface area contributed by atoms with Crippen molar-refractivity contribution in [2.75, 3.05) is 0 Å². The van der Waals surface area contributed by atoms with Gasteiger partial charge in [0.1, 0.15) is 0 Å². The summed E-state index contributed by atoms with van der Waals surface area (Å²) < 4.78 is 25.3. The smallest absolute Gasteiger partial charge is 0.307 e. The standard InChI is InChI=1S/C12H11F2NO2/c1-2-7-4-10(12(13)14)9(6-15)3-8(7)5-11(16)17/h3-4,12H,2,5H2,1H3,(H,16,17). The fourth-order valence-electron chi connectivity index (χ4n) is 1.64. The first kappa shape index (κ1) is 13.1. The molecule has 0 fully saturated rings. The quantitative estimate of drug-likeness (QED) is 0.878. The normalized spacial score (nSPS) is 10.3. The topological polar surface area (TPSA) is 61.1 Å². The van der Waals surface area contributed by atoms with Gasteiger partial charge in [-0.2, -0.15) is 5.26 Å². The maximum atomic E-state index is 12.7. The number of rotatable bonds is 4. The molecule has 0 radical (unpaired) electrons. The van der Waals surface area contributed by atoms with Crippen LogP contribution in [0.5, 0.6) is 0 Å². The first-order valence-corrected chi connectivity index (χ1v) is 5.05. The Labute approximate surface area is 97.3 Å². The minimum atomic E-state index is -2.73. The monoisotopic (exact) mass is 239 g/mol. The Balaban J connectivity index is 3.33. The van der Waals surface area contributed by atoms with Crippen molar-refractivity contribution in [3.8, 4) is 6.07 Å². The number of alkyl halides is 2. The molecule has 1 rings (SSSR count). The van der Waals surface area contributed by atoms with E-state index in [2.05, 4.69) is 0 Å². The van der Waals surface area contributed by atoms with E-state index < -0.39 is 12.4 Å². The molecular formula is C12H11F2NO2. The van der Waals surface area contributed by atoms with Crippen LogP contribution in [0.1, 0.15) is 35.6 Å². The summed E-state index contributed by atoms with van der Waals surface area (Å²) in [5.74, 6) is -1.05. The van der Waals surface area contributed by atoms with Crippen molar-refractivity contribution in [2.24, 2.45) is 0 Å². The van der Waals surface area contributed by atoms with Gasteiger partial charge in [-0.25, -0.2) is 8.78 Å². The van der Waals surface area contributed by atoms with Crippen LogP contribution in [-0.4, -0.2) is 11.1 Å². The second kappa shape index (κ2) is 5.39. The summed E-state index contributed by atoms with van der Waals surface area (Å²) in [7, 11) is 0. The van der Waals surface area contributed by atoms with E-state index >= 15 is 0 Å². The minimum absolute atomic E-state index is 0.159. The van der Waals surface area contributed by atoms with Crippen LogP contribution in [0.25, 0.3) is 0 Å². The Hall–Kier alpha value is -1.96. The number of aliphatic carboxylic acids is 1. The molecule has 90 valence electrons. The average Bonchev–Trinajstić information content (AvgIpc) is 2.27. The van der Waals surface area contributed by atoms with Gasteiger partial charge in [-0.15, -0.1) is 0 Å². The second-order valence-corrected chi connectivity index (χ2v) is 3.54. The van der Waals surface area contributed by atoms with Gasteiger partial charge in [0.2, 0.25) is 0 Å². The lowest BCUT2D eigenvalue weighted by Gasteiger charge is -2.10. The predicted octanol–water partition coefficient (Wildman–Crippen LogP) is 2.69. The Kier molecular flexibility index (Phi) is 4.16. The molecule has 0 aromatic heterocycles. The van der Waals surface area contributed by atoms with Gasteiger partial charge in [-0.3, -0.25) is 4.79 Å². The molecule has 0 aliphatic heterocycles. The largest absolute Gasteiger partial charge is 0.481 e. The highest BCUT2D eigenvalue weighted by Crippen LogP contribution is 2.26. The van der Waals surface area contributed by atoms with Gasteiger partial charge in [0.25, 0.3) is 6.43 Å². The number of carboxylic acids is 1. The highest BCUT2D eigenvalue weighted by molar-refractivity contribution is 5.71. The molecule has 0 unspecified atom stereocenters. The fraction of sp³-hybridized carbons (Fsp3) is 0.333. The first-order chi connectivity index (χ1) is 7.99. The molecule has 0 heterocycles. The molecule has 0 saturated carbocycles. The van der Waals surface area contributed by atoms with E-state index in [1.165, 1.54) is 12.1 Å². The zero-order valence-electron chi connectivity index (χ0n) is 9.20. The molecule has 1 N–H and O–H groups in total. The number of carbonyl (C=O) groups is 1. The lowest BCUT2D eigenvalue weighted by atomic mass is 9.95. The third-order valence-corrected chi connectivity index (χ3v) is 2.45. The Morgan fingerprint density at radius 3 is 2.53 bits per heavy atom. The van der Waals surface area contributed by atoms with Crippen molar-refractivity contribution in [3.05, 3.63) is 34.4 Å². The van der Waals surface area contributed by atoms with Crippen molar-refractivity contribution < 1.29 is 18.7 Å². The van der Waals surface area contributed by atoms with Crippen LogP contribution >= 0.6 is 0 Å². The molecule has 3 nitrogen and oxygen atoms in total. The SMILES string of the molecule is CCc1cc(C(F)F)c(C#N)cc1CC(=O)O. The van der Waals surface area contributed by atoms with Crippen molar-refractivity contribution in [1.82, 2.24) is 0 Å². The van der Waals surface area contributed by atoms with Crippen LogP contribution in [0, 0.1) is 11.3 Å². The van der Waals surface area contributed by atoms with E-state index in [-0.39, 0.29) is 17.5 Å². The van der Waals surface area contributed by atoms with E-state index in [4.69, 9.17) is 10.4 Å². The second-order valence-electron chi connectivity index (χ2n) is 3.54. The molecule has 1 aromatic carbocycles. The first-order valence-electron chi connectivity index (χ1n) is 5.05. The summed E-state index contributed by atoms with van der Waals surface area (Å²) in [6.45, 7) is 1.75. The molecule has 0 bridgehead atoms. The third kappa shape index (κ3) is 3.00. The van der Waals surface area contributed by atoms with E-state index in [0.29, 0.717) is 17.5 Å². The maximum absolute atomic E-state index is 12.7. The molecule has 0 amide bonds. The van der Waals surface area contributed by atoms with Gasteiger partial charge in [0, 0.05) is 5.56 Å². The van der Waals surface area contributed by atoms with Crippen LogP contribution in [0.15, 0.2) is 12.1 Å². The third-order valence-electron chi connectivity index (χ3n) is 2.45. The van der Waals surface area contributed by atoms with Crippen molar-refractivity contribution >= 4 is 5.97 Å². The van der Waals surface area contributed by atoms with Crippen molar-refractivity contribution in [2.45, 2.75) is 26.2 Å². The summed E-state index contributed by atoms with van der Waals surface area (Å²) in [4.78, 5) is 10.6. The van der Waals surface area contributed by atoms with Gasteiger partial charge in [0.05, 0.1) is 18.1 Å². The number of hydrogen-bond donors (Lipinski definition) is 1. The molecule has 0 aliphatic carbocycles. The number of aryl methyl sites for hydroxylation is 1. The number of benzene rings is 1. The molecule has 0 aliphatic rings. The number of carboxylic acid groups (broad SMARTS) is 1. The highest BCUT2D eigenvalue weighted by Gasteiger charge is 2.17. The molecule has 0 saturated heterocycles. The van der Waals surface area contributed by atoms with E-state index in [1.807, 2.05) is 0 Å². The summed E-state index contributed by atoms with van der Waals surface area (Å²) in [5, 5.41) is 17.5. The molecular weight excluding hydrogens is 228 g/mol. The number of halogens is 2. The Morgan fingerprint density at radius 1 is 1.47 bits per heavy atom. The van der Waals surface area contributed by atoms with Gasteiger partial charge in [-0.1, -0.05) is 6.92 Å². The van der Waals surface area contributed by atoms with Crippen LogP contribution in [0.4, 0.5) is 8.78 Å². The summed E-state index contributed by atoms with van der Waals surface area (Å²) >= 11 is 0.